The topological polar surface area (TPSA) is 66.7 Å². The Morgan fingerprint density at radius 1 is 1.28 bits per heavy atom. The summed E-state index contributed by atoms with van der Waals surface area (Å²) in [4.78, 5) is 14.3. The highest BCUT2D eigenvalue weighted by Crippen LogP contribution is 2.15. The Balaban J connectivity index is 1.53. The number of hydrogen-bond donors (Lipinski definition) is 2. The number of amides is 1. The van der Waals surface area contributed by atoms with Gasteiger partial charge in [-0.25, -0.2) is 4.39 Å². The lowest BCUT2D eigenvalue weighted by molar-refractivity contribution is 0.0149. The van der Waals surface area contributed by atoms with Crippen LogP contribution in [0.4, 0.5) is 4.39 Å². The van der Waals surface area contributed by atoms with E-state index in [1.165, 1.54) is 6.07 Å². The first-order valence-electron chi connectivity index (χ1n) is 8.33. The van der Waals surface area contributed by atoms with E-state index in [2.05, 4.69) is 10.2 Å². The Bertz CT molecular complexity index is 700. The molecule has 1 atom stereocenters. The molecule has 3 rings (SSSR count). The van der Waals surface area contributed by atoms with Gasteiger partial charge in [0.05, 0.1) is 25.0 Å². The van der Waals surface area contributed by atoms with Crippen LogP contribution in [0, 0.1) is 5.82 Å². The zero-order valence-corrected chi connectivity index (χ0v) is 13.9. The number of benzene rings is 1. The van der Waals surface area contributed by atoms with Gasteiger partial charge in [-0.2, -0.15) is 0 Å². The number of nitrogens with one attached hydrogen (secondary N) is 1. The molecule has 1 saturated heterocycles. The van der Waals surface area contributed by atoms with Crippen molar-refractivity contribution in [2.75, 3.05) is 39.4 Å². The molecule has 1 fully saturated rings. The fraction of sp³-hybridized carbons (Fsp3) is 0.389. The highest BCUT2D eigenvalue weighted by Gasteiger charge is 2.16. The molecule has 7 heteroatoms. The third-order valence-corrected chi connectivity index (χ3v) is 4.16. The van der Waals surface area contributed by atoms with Crippen LogP contribution >= 0.6 is 0 Å². The molecular weight excluding hydrogens is 325 g/mol. The van der Waals surface area contributed by atoms with Crippen LogP contribution in [-0.4, -0.2) is 66.0 Å². The van der Waals surface area contributed by atoms with Crippen molar-refractivity contribution in [2.24, 2.45) is 0 Å². The number of rotatable bonds is 6. The van der Waals surface area contributed by atoms with Crippen LogP contribution in [0.2, 0.25) is 0 Å². The number of aromatic nitrogens is 1. The molecule has 1 amide bonds. The maximum absolute atomic E-state index is 14.2. The lowest BCUT2D eigenvalue weighted by atomic mass is 10.1. The zero-order valence-electron chi connectivity index (χ0n) is 13.9. The van der Waals surface area contributed by atoms with E-state index >= 15 is 0 Å². The van der Waals surface area contributed by atoms with E-state index in [-0.39, 0.29) is 12.1 Å². The lowest BCUT2D eigenvalue weighted by Gasteiger charge is -2.28. The molecule has 2 N–H and O–H groups in total. The van der Waals surface area contributed by atoms with Gasteiger partial charge in [0, 0.05) is 44.1 Å². The minimum absolute atomic E-state index is 0.122. The summed E-state index contributed by atoms with van der Waals surface area (Å²) in [7, 11) is 0. The average molecular weight is 347 g/mol. The number of hydrogen-bond acceptors (Lipinski definition) is 4. The van der Waals surface area contributed by atoms with Crippen LogP contribution < -0.4 is 5.32 Å². The summed E-state index contributed by atoms with van der Waals surface area (Å²) in [6, 6.07) is 7.95. The van der Waals surface area contributed by atoms with Crippen molar-refractivity contribution < 1.29 is 19.0 Å². The second kappa shape index (κ2) is 8.24. The number of nitrogens with zero attached hydrogens (tertiary/aromatic N) is 2. The second-order valence-electron chi connectivity index (χ2n) is 6.03. The van der Waals surface area contributed by atoms with Crippen LogP contribution in [0.15, 0.2) is 42.7 Å². The van der Waals surface area contributed by atoms with Gasteiger partial charge >= 0.3 is 0 Å². The van der Waals surface area contributed by atoms with E-state index < -0.39 is 17.8 Å². The quantitative estimate of drug-likeness (QED) is 0.819. The Labute approximate surface area is 145 Å². The van der Waals surface area contributed by atoms with Crippen LogP contribution in [0.1, 0.15) is 10.4 Å². The van der Waals surface area contributed by atoms with Gasteiger partial charge in [0.15, 0.2) is 0 Å². The first kappa shape index (κ1) is 17.6. The zero-order chi connectivity index (χ0) is 17.6. The van der Waals surface area contributed by atoms with E-state index in [0.717, 1.165) is 13.1 Å². The molecule has 0 aliphatic carbocycles. The minimum atomic E-state index is -0.675. The fourth-order valence-electron chi connectivity index (χ4n) is 2.81. The maximum atomic E-state index is 14.2. The Morgan fingerprint density at radius 2 is 2.00 bits per heavy atom. The Morgan fingerprint density at radius 3 is 2.68 bits per heavy atom. The SMILES string of the molecule is O=C(NC[C@H](O)CN1CCOCC1)c1ccc(-n2cccc2)c(F)c1. The highest BCUT2D eigenvalue weighted by molar-refractivity contribution is 5.94. The summed E-state index contributed by atoms with van der Waals surface area (Å²) < 4.78 is 21.1. The molecule has 1 aromatic heterocycles. The number of carbonyl (C=O) groups is 1. The first-order valence-corrected chi connectivity index (χ1v) is 8.33. The predicted molar refractivity (Wildman–Crippen MR) is 91.3 cm³/mol. The number of ether oxygens (including phenoxy) is 1. The van der Waals surface area contributed by atoms with Crippen molar-refractivity contribution in [2.45, 2.75) is 6.10 Å². The lowest BCUT2D eigenvalue weighted by Crippen LogP contribution is -2.44. The van der Waals surface area contributed by atoms with Gasteiger partial charge < -0.3 is 19.7 Å². The number of carbonyl (C=O) groups excluding carboxylic acids is 1. The van der Waals surface area contributed by atoms with Crippen LogP contribution in [0.5, 0.6) is 0 Å². The fourth-order valence-corrected chi connectivity index (χ4v) is 2.81. The van der Waals surface area contributed by atoms with Crippen molar-refractivity contribution in [3.05, 3.63) is 54.1 Å². The molecule has 1 aromatic carbocycles. The first-order chi connectivity index (χ1) is 12.1. The number of aliphatic hydroxyl groups excluding tert-OH is 1. The van der Waals surface area contributed by atoms with Crippen molar-refractivity contribution in [3.63, 3.8) is 0 Å². The molecule has 0 saturated carbocycles. The molecule has 0 bridgehead atoms. The molecule has 0 unspecified atom stereocenters. The summed E-state index contributed by atoms with van der Waals surface area (Å²) >= 11 is 0. The largest absolute Gasteiger partial charge is 0.390 e. The molecular formula is C18H22FN3O3. The normalized spacial score (nSPS) is 16.6. The number of morpholine rings is 1. The van der Waals surface area contributed by atoms with E-state index in [9.17, 15) is 14.3 Å². The molecule has 1 aliphatic rings. The smallest absolute Gasteiger partial charge is 0.251 e. The van der Waals surface area contributed by atoms with Gasteiger partial charge in [-0.05, 0) is 30.3 Å². The summed E-state index contributed by atoms with van der Waals surface area (Å²) in [5, 5.41) is 12.7. The van der Waals surface area contributed by atoms with Crippen molar-refractivity contribution in [3.8, 4) is 5.69 Å². The van der Waals surface area contributed by atoms with Gasteiger partial charge in [0.2, 0.25) is 0 Å². The third-order valence-electron chi connectivity index (χ3n) is 4.16. The molecule has 134 valence electrons. The van der Waals surface area contributed by atoms with Gasteiger partial charge in [0.1, 0.15) is 5.82 Å². The summed E-state index contributed by atoms with van der Waals surface area (Å²) in [6.45, 7) is 3.47. The van der Waals surface area contributed by atoms with Gasteiger partial charge in [-0.3, -0.25) is 9.69 Å². The molecule has 0 radical (unpaired) electrons. The van der Waals surface area contributed by atoms with E-state index in [4.69, 9.17) is 4.74 Å². The van der Waals surface area contributed by atoms with Crippen LogP contribution in [0.25, 0.3) is 5.69 Å². The molecule has 2 heterocycles. The molecule has 6 nitrogen and oxygen atoms in total. The van der Waals surface area contributed by atoms with E-state index in [1.54, 1.807) is 41.2 Å². The molecule has 1 aliphatic heterocycles. The van der Waals surface area contributed by atoms with Crippen LogP contribution in [-0.2, 0) is 4.74 Å². The second-order valence-corrected chi connectivity index (χ2v) is 6.03. The summed E-state index contributed by atoms with van der Waals surface area (Å²) in [6.07, 6.45) is 2.80. The highest BCUT2D eigenvalue weighted by atomic mass is 19.1. The third kappa shape index (κ3) is 4.66. The van der Waals surface area contributed by atoms with Crippen LogP contribution in [0.3, 0.4) is 0 Å². The number of halogens is 1. The van der Waals surface area contributed by atoms with Crippen molar-refractivity contribution in [1.82, 2.24) is 14.8 Å². The summed E-state index contributed by atoms with van der Waals surface area (Å²) in [5.74, 6) is -0.878. The average Bonchev–Trinajstić information content (AvgIpc) is 3.15. The maximum Gasteiger partial charge on any atom is 0.251 e. The standard InChI is InChI=1S/C18H22FN3O3/c19-16-11-14(3-4-17(16)22-5-1-2-6-22)18(24)20-12-15(23)13-21-7-9-25-10-8-21/h1-6,11,15,23H,7-10,12-13H2,(H,20,24)/t15-/m0/s1. The number of aliphatic hydroxyl groups is 1. The Hall–Kier alpha value is -2.22. The molecule has 25 heavy (non-hydrogen) atoms. The van der Waals surface area contributed by atoms with Crippen molar-refractivity contribution >= 4 is 5.91 Å². The number of β-amino-alcohol motifs (C(OH)–C–C–N with tert-alkyl or cyclic N) is 1. The molecule has 0 spiro atoms. The van der Waals surface area contributed by atoms with E-state index in [1.807, 2.05) is 0 Å². The predicted octanol–water partition coefficient (Wildman–Crippen LogP) is 1.04. The van der Waals surface area contributed by atoms with Gasteiger partial charge in [-0.1, -0.05) is 0 Å². The minimum Gasteiger partial charge on any atom is -0.390 e. The summed E-state index contributed by atoms with van der Waals surface area (Å²) in [5.41, 5.74) is 0.612. The van der Waals surface area contributed by atoms with E-state index in [0.29, 0.717) is 25.4 Å². The monoisotopic (exact) mass is 347 g/mol. The van der Waals surface area contributed by atoms with Gasteiger partial charge in [0.25, 0.3) is 5.91 Å². The van der Waals surface area contributed by atoms with Crippen molar-refractivity contribution in [1.29, 1.82) is 0 Å². The van der Waals surface area contributed by atoms with Gasteiger partial charge in [-0.15, -0.1) is 0 Å². The molecule has 2 aromatic rings. The Kier molecular flexibility index (Phi) is 5.80.